The van der Waals surface area contributed by atoms with E-state index in [1.807, 2.05) is 0 Å². The van der Waals surface area contributed by atoms with Gasteiger partial charge in [-0.25, -0.2) is 0 Å². The first kappa shape index (κ1) is 17.2. The molecule has 0 amide bonds. The molecule has 7 heteroatoms. The molecule has 76 valence electrons. The molecule has 0 aromatic carbocycles. The molecule has 0 atom stereocenters. The fraction of sp³-hybridized carbons (Fsp3) is 0.571. The van der Waals surface area contributed by atoms with Crippen LogP contribution in [0.25, 0.3) is 0 Å². The maximum atomic E-state index is 10.2. The third-order valence-electron chi connectivity index (χ3n) is 1.38. The van der Waals surface area contributed by atoms with Crippen LogP contribution in [-0.4, -0.2) is 24.7 Å². The summed E-state index contributed by atoms with van der Waals surface area (Å²) in [6.45, 7) is 1.36. The van der Waals surface area contributed by atoms with Crippen molar-refractivity contribution in [2.24, 2.45) is 0 Å². The van der Waals surface area contributed by atoms with Crippen LogP contribution in [0.1, 0.15) is 19.8 Å². The maximum absolute atomic E-state index is 10.2. The molecular weight excluding hydrogens is 235 g/mol. The zero-order chi connectivity index (χ0) is 10.5. The number of unbranched alkanes of at least 4 members (excludes halogenated alkanes) is 1. The van der Waals surface area contributed by atoms with Gasteiger partial charge >= 0.3 is 51.4 Å². The second-order valence-electron chi connectivity index (χ2n) is 2.60. The second-order valence-corrected chi connectivity index (χ2v) is 4.17. The third kappa shape index (κ3) is 10.8. The van der Waals surface area contributed by atoms with Crippen molar-refractivity contribution in [2.75, 3.05) is 5.75 Å². The molecule has 0 aromatic rings. The van der Waals surface area contributed by atoms with E-state index < -0.39 is 16.1 Å². The van der Waals surface area contributed by atoms with Gasteiger partial charge in [-0.3, -0.25) is 4.55 Å². The Balaban J connectivity index is 0. The molecule has 0 unspecified atom stereocenters. The van der Waals surface area contributed by atoms with Crippen LogP contribution in [0.15, 0.2) is 11.6 Å². The average Bonchev–Trinajstić information content (AvgIpc) is 1.95. The Morgan fingerprint density at radius 3 is 2.36 bits per heavy atom. The molecule has 0 spiro atoms. The fourth-order valence-corrected chi connectivity index (χ4v) is 1.20. The van der Waals surface area contributed by atoms with Gasteiger partial charge in [0, 0.05) is 0 Å². The fourth-order valence-electron chi connectivity index (χ4n) is 0.668. The van der Waals surface area contributed by atoms with Gasteiger partial charge in [-0.1, -0.05) is 6.08 Å². The van der Waals surface area contributed by atoms with E-state index >= 15 is 0 Å². The van der Waals surface area contributed by atoms with Gasteiger partial charge in [-0.05, 0) is 25.3 Å². The van der Waals surface area contributed by atoms with Crippen molar-refractivity contribution in [3.8, 4) is 0 Å². The minimum absolute atomic E-state index is 0. The van der Waals surface area contributed by atoms with Crippen molar-refractivity contribution < 1.29 is 74.3 Å². The minimum atomic E-state index is -3.93. The molecule has 0 saturated carbocycles. The Bertz CT molecular complexity index is 306. The van der Waals surface area contributed by atoms with E-state index in [-0.39, 0.29) is 69.1 Å². The van der Waals surface area contributed by atoms with Crippen molar-refractivity contribution in [3.05, 3.63) is 11.6 Å². The summed E-state index contributed by atoms with van der Waals surface area (Å²) in [6.07, 6.45) is 1.85. The molecule has 0 aliphatic rings. The maximum Gasteiger partial charge on any atom is 1.00 e. The van der Waals surface area contributed by atoms with Gasteiger partial charge in [0.2, 0.25) is 0 Å². The van der Waals surface area contributed by atoms with Crippen LogP contribution in [0, 0.1) is 0 Å². The molecule has 0 radical (unpaired) electrons. The molecule has 0 aliphatic heterocycles. The number of aliphatic carboxylic acids is 1. The standard InChI is InChI=1S/C7H12O5S.K/c1-6(7(8)9)4-2-3-5-13(10,11)12;/h4H,2-3,5H2,1H3,(H,8,9)(H,10,11,12);/q;+1/p-1. The van der Waals surface area contributed by atoms with Crippen LogP contribution in [0.4, 0.5) is 0 Å². The third-order valence-corrected chi connectivity index (χ3v) is 2.18. The Labute approximate surface area is 126 Å². The summed E-state index contributed by atoms with van der Waals surface area (Å²) in [5, 5.41) is 10.1. The van der Waals surface area contributed by atoms with Crippen molar-refractivity contribution in [3.63, 3.8) is 0 Å². The predicted octanol–water partition coefficient (Wildman–Crippen LogP) is -3.65. The van der Waals surface area contributed by atoms with E-state index in [0.717, 1.165) is 0 Å². The van der Waals surface area contributed by atoms with Crippen LogP contribution in [0.5, 0.6) is 0 Å². The van der Waals surface area contributed by atoms with Gasteiger partial charge in [0.15, 0.2) is 0 Å². The van der Waals surface area contributed by atoms with Crippen LogP contribution >= 0.6 is 0 Å². The van der Waals surface area contributed by atoms with E-state index in [2.05, 4.69) is 0 Å². The van der Waals surface area contributed by atoms with Gasteiger partial charge in [-0.2, -0.15) is 8.42 Å². The summed E-state index contributed by atoms with van der Waals surface area (Å²) >= 11 is 0. The SMILES string of the molecule is CC(=CCCCS(=O)(=O)O)C(=O)[O-].[K+]. The van der Waals surface area contributed by atoms with Crippen LogP contribution in [0.3, 0.4) is 0 Å². The topological polar surface area (TPSA) is 94.5 Å². The number of hydrogen-bond acceptors (Lipinski definition) is 4. The zero-order valence-electron chi connectivity index (χ0n) is 8.19. The molecular formula is C7H11KO5S. The Morgan fingerprint density at radius 1 is 1.50 bits per heavy atom. The van der Waals surface area contributed by atoms with Crippen molar-refractivity contribution in [1.82, 2.24) is 0 Å². The molecule has 5 nitrogen and oxygen atoms in total. The molecule has 1 N–H and O–H groups in total. The summed E-state index contributed by atoms with van der Waals surface area (Å²) in [4.78, 5) is 10.1. The van der Waals surface area contributed by atoms with Crippen molar-refractivity contribution in [1.29, 1.82) is 0 Å². The Kier molecular flexibility index (Phi) is 9.77. The van der Waals surface area contributed by atoms with Crippen molar-refractivity contribution >= 4 is 16.1 Å². The first-order chi connectivity index (χ1) is 5.83. The first-order valence-corrected chi connectivity index (χ1v) is 5.27. The summed E-state index contributed by atoms with van der Waals surface area (Å²) in [5.41, 5.74) is 0.0651. The molecule has 14 heavy (non-hydrogen) atoms. The number of carbonyl (C=O) groups is 1. The summed E-state index contributed by atoms with van der Waals surface area (Å²) < 4.78 is 28.7. The van der Waals surface area contributed by atoms with Crippen LogP contribution in [0.2, 0.25) is 0 Å². The Hall–Kier alpha value is 0.756. The summed E-state index contributed by atoms with van der Waals surface area (Å²) in [7, 11) is -3.93. The number of hydrogen-bond donors (Lipinski definition) is 1. The van der Waals surface area contributed by atoms with Gasteiger partial charge in [0.05, 0.1) is 11.7 Å². The van der Waals surface area contributed by atoms with Crippen LogP contribution < -0.4 is 56.5 Å². The molecule has 0 saturated heterocycles. The molecule has 0 fully saturated rings. The van der Waals surface area contributed by atoms with Gasteiger partial charge in [-0.15, -0.1) is 0 Å². The van der Waals surface area contributed by atoms with E-state index in [0.29, 0.717) is 6.42 Å². The van der Waals surface area contributed by atoms with Gasteiger partial charge in [0.25, 0.3) is 10.1 Å². The van der Waals surface area contributed by atoms with E-state index in [4.69, 9.17) is 4.55 Å². The van der Waals surface area contributed by atoms with Gasteiger partial charge < -0.3 is 9.90 Å². The van der Waals surface area contributed by atoms with Gasteiger partial charge in [0.1, 0.15) is 0 Å². The molecule has 0 heterocycles. The number of carboxylic acid groups (broad SMARTS) is 1. The first-order valence-electron chi connectivity index (χ1n) is 3.66. The van der Waals surface area contributed by atoms with E-state index in [9.17, 15) is 18.3 Å². The molecule has 0 bridgehead atoms. The predicted molar refractivity (Wildman–Crippen MR) is 44.4 cm³/mol. The minimum Gasteiger partial charge on any atom is -0.545 e. The van der Waals surface area contributed by atoms with E-state index in [1.165, 1.54) is 13.0 Å². The van der Waals surface area contributed by atoms with E-state index in [1.54, 1.807) is 0 Å². The second kappa shape index (κ2) is 7.97. The summed E-state index contributed by atoms with van der Waals surface area (Å²) in [5.74, 6) is -1.63. The normalized spacial score (nSPS) is 12.0. The smallest absolute Gasteiger partial charge is 0.545 e. The molecule has 0 aromatic heterocycles. The Morgan fingerprint density at radius 2 is 2.00 bits per heavy atom. The van der Waals surface area contributed by atoms with Crippen molar-refractivity contribution in [2.45, 2.75) is 19.8 Å². The monoisotopic (exact) mass is 246 g/mol. The molecule has 0 rings (SSSR count). The number of allylic oxidation sites excluding steroid dienone is 1. The molecule has 0 aliphatic carbocycles. The van der Waals surface area contributed by atoms with Crippen LogP contribution in [-0.2, 0) is 14.9 Å². The number of rotatable bonds is 5. The number of carbonyl (C=O) groups excluding carboxylic acids is 1. The largest absolute Gasteiger partial charge is 1.00 e. The summed E-state index contributed by atoms with van der Waals surface area (Å²) in [6, 6.07) is 0. The zero-order valence-corrected chi connectivity index (χ0v) is 12.1. The quantitative estimate of drug-likeness (QED) is 0.234. The average molecular weight is 246 g/mol. The number of carboxylic acids is 1.